The Hall–Kier alpha value is -2.60. The van der Waals surface area contributed by atoms with E-state index in [1.807, 2.05) is 37.3 Å². The van der Waals surface area contributed by atoms with Crippen molar-refractivity contribution in [1.29, 1.82) is 0 Å². The molecule has 1 aliphatic rings. The Bertz CT molecular complexity index is 984. The standard InChI is InChI=1S/C23H26N4OS/c1-17-11-12-18(23-26-25-21-10-6-3-7-14-27(21)23)16-20(17)24-22(28)13-15-29-19-8-4-2-5-9-19/h2,4-5,8-9,11-12,16H,3,6-7,10,13-15H2,1H3,(H,24,28). The van der Waals surface area contributed by atoms with Crippen LogP contribution in [0.5, 0.6) is 0 Å². The molecule has 1 aliphatic heterocycles. The fraction of sp³-hybridized carbons (Fsp3) is 0.348. The second-order valence-corrected chi connectivity index (χ2v) is 8.56. The average Bonchev–Trinajstić information content (AvgIpc) is 2.98. The third kappa shape index (κ3) is 4.88. The van der Waals surface area contributed by atoms with E-state index in [0.717, 1.165) is 53.6 Å². The molecule has 29 heavy (non-hydrogen) atoms. The first-order chi connectivity index (χ1) is 14.2. The largest absolute Gasteiger partial charge is 0.326 e. The lowest BCUT2D eigenvalue weighted by molar-refractivity contribution is -0.115. The molecule has 1 N–H and O–H groups in total. The monoisotopic (exact) mass is 406 g/mol. The lowest BCUT2D eigenvalue weighted by Gasteiger charge is -2.12. The molecule has 0 fully saturated rings. The zero-order valence-electron chi connectivity index (χ0n) is 16.7. The number of nitrogens with one attached hydrogen (secondary N) is 1. The van der Waals surface area contributed by atoms with Gasteiger partial charge in [0.1, 0.15) is 5.82 Å². The maximum atomic E-state index is 12.5. The van der Waals surface area contributed by atoms with Gasteiger partial charge in [0.15, 0.2) is 5.82 Å². The molecule has 0 spiro atoms. The second kappa shape index (κ2) is 9.27. The number of fused-ring (bicyclic) bond motifs is 1. The molecule has 0 saturated carbocycles. The number of hydrogen-bond acceptors (Lipinski definition) is 4. The Morgan fingerprint density at radius 3 is 2.83 bits per heavy atom. The average molecular weight is 407 g/mol. The van der Waals surface area contributed by atoms with E-state index in [9.17, 15) is 4.79 Å². The fourth-order valence-electron chi connectivity index (χ4n) is 3.59. The quantitative estimate of drug-likeness (QED) is 0.579. The molecule has 150 valence electrons. The van der Waals surface area contributed by atoms with Crippen LogP contribution in [0.2, 0.25) is 0 Å². The summed E-state index contributed by atoms with van der Waals surface area (Å²) in [6, 6.07) is 16.3. The van der Waals surface area contributed by atoms with Gasteiger partial charge in [-0.3, -0.25) is 4.79 Å². The number of hydrogen-bond donors (Lipinski definition) is 1. The summed E-state index contributed by atoms with van der Waals surface area (Å²) < 4.78 is 2.24. The molecule has 2 heterocycles. The van der Waals surface area contributed by atoms with Gasteiger partial charge in [0.25, 0.3) is 0 Å². The molecule has 0 saturated heterocycles. The summed E-state index contributed by atoms with van der Waals surface area (Å²) in [5.41, 5.74) is 2.90. The third-order valence-electron chi connectivity index (χ3n) is 5.22. The first-order valence-electron chi connectivity index (χ1n) is 10.2. The third-order valence-corrected chi connectivity index (χ3v) is 6.23. The number of carbonyl (C=O) groups excluding carboxylic acids is 1. The molecule has 5 nitrogen and oxygen atoms in total. The molecular weight excluding hydrogens is 380 g/mol. The van der Waals surface area contributed by atoms with E-state index in [1.54, 1.807) is 11.8 Å². The normalized spacial score (nSPS) is 13.6. The van der Waals surface area contributed by atoms with Crippen LogP contribution in [0.1, 0.15) is 37.1 Å². The minimum Gasteiger partial charge on any atom is -0.326 e. The lowest BCUT2D eigenvalue weighted by atomic mass is 10.1. The van der Waals surface area contributed by atoms with E-state index in [-0.39, 0.29) is 5.91 Å². The van der Waals surface area contributed by atoms with Crippen LogP contribution in [0.15, 0.2) is 53.4 Å². The van der Waals surface area contributed by atoms with Crippen molar-refractivity contribution in [2.75, 3.05) is 11.1 Å². The SMILES string of the molecule is Cc1ccc(-c2nnc3n2CCCCC3)cc1NC(=O)CCSc1ccccc1. The Balaban J connectivity index is 1.43. The zero-order valence-corrected chi connectivity index (χ0v) is 17.5. The molecule has 0 unspecified atom stereocenters. The van der Waals surface area contributed by atoms with Gasteiger partial charge in [-0.15, -0.1) is 22.0 Å². The van der Waals surface area contributed by atoms with Gasteiger partial charge in [-0.25, -0.2) is 0 Å². The van der Waals surface area contributed by atoms with Gasteiger partial charge < -0.3 is 9.88 Å². The maximum Gasteiger partial charge on any atom is 0.225 e. The van der Waals surface area contributed by atoms with Crippen LogP contribution in [0.25, 0.3) is 11.4 Å². The van der Waals surface area contributed by atoms with Crippen LogP contribution in [0.3, 0.4) is 0 Å². The fourth-order valence-corrected chi connectivity index (χ4v) is 4.46. The predicted molar refractivity (Wildman–Crippen MR) is 118 cm³/mol. The Kier molecular flexibility index (Phi) is 6.30. The number of aryl methyl sites for hydroxylation is 2. The van der Waals surface area contributed by atoms with Crippen molar-refractivity contribution in [1.82, 2.24) is 14.8 Å². The van der Waals surface area contributed by atoms with E-state index >= 15 is 0 Å². The summed E-state index contributed by atoms with van der Waals surface area (Å²) in [4.78, 5) is 13.7. The van der Waals surface area contributed by atoms with E-state index in [0.29, 0.717) is 6.42 Å². The summed E-state index contributed by atoms with van der Waals surface area (Å²) >= 11 is 1.70. The molecule has 0 atom stereocenters. The highest BCUT2D eigenvalue weighted by atomic mass is 32.2. The topological polar surface area (TPSA) is 59.8 Å². The van der Waals surface area contributed by atoms with E-state index in [1.165, 1.54) is 17.7 Å². The van der Waals surface area contributed by atoms with Crippen LogP contribution in [0, 0.1) is 6.92 Å². The molecule has 2 aromatic carbocycles. The van der Waals surface area contributed by atoms with Gasteiger partial charge in [-0.05, 0) is 43.5 Å². The summed E-state index contributed by atoms with van der Waals surface area (Å²) in [6.07, 6.45) is 5.03. The number of anilines is 1. The zero-order chi connectivity index (χ0) is 20.1. The van der Waals surface area contributed by atoms with Gasteiger partial charge in [-0.2, -0.15) is 0 Å². The van der Waals surface area contributed by atoms with Crippen molar-refractivity contribution >= 4 is 23.4 Å². The summed E-state index contributed by atoms with van der Waals surface area (Å²) in [5.74, 6) is 2.76. The summed E-state index contributed by atoms with van der Waals surface area (Å²) in [6.45, 7) is 2.98. The summed E-state index contributed by atoms with van der Waals surface area (Å²) in [5, 5.41) is 11.9. The van der Waals surface area contributed by atoms with Crippen LogP contribution in [-0.4, -0.2) is 26.4 Å². The minimum atomic E-state index is 0.0359. The number of rotatable bonds is 6. The number of aromatic nitrogens is 3. The lowest BCUT2D eigenvalue weighted by Crippen LogP contribution is -2.13. The first-order valence-corrected chi connectivity index (χ1v) is 11.2. The number of amides is 1. The molecule has 0 aliphatic carbocycles. The Morgan fingerprint density at radius 2 is 1.97 bits per heavy atom. The Morgan fingerprint density at radius 1 is 1.10 bits per heavy atom. The molecule has 4 rings (SSSR count). The minimum absolute atomic E-state index is 0.0359. The maximum absolute atomic E-state index is 12.5. The van der Waals surface area contributed by atoms with Crippen LogP contribution in [0.4, 0.5) is 5.69 Å². The van der Waals surface area contributed by atoms with Crippen molar-refractivity contribution < 1.29 is 4.79 Å². The predicted octanol–water partition coefficient (Wildman–Crippen LogP) is 5.10. The summed E-state index contributed by atoms with van der Waals surface area (Å²) in [7, 11) is 0. The molecule has 1 aromatic heterocycles. The number of nitrogens with zero attached hydrogens (tertiary/aromatic N) is 3. The van der Waals surface area contributed by atoms with Crippen molar-refractivity contribution in [3.8, 4) is 11.4 Å². The molecular formula is C23H26N4OS. The number of benzene rings is 2. The molecule has 0 radical (unpaired) electrons. The van der Waals surface area contributed by atoms with Gasteiger partial charge in [-0.1, -0.05) is 36.8 Å². The first kappa shape index (κ1) is 19.7. The number of thioether (sulfide) groups is 1. The van der Waals surface area contributed by atoms with Gasteiger partial charge in [0.05, 0.1) is 0 Å². The molecule has 3 aromatic rings. The van der Waals surface area contributed by atoms with Crippen LogP contribution < -0.4 is 5.32 Å². The van der Waals surface area contributed by atoms with E-state index in [2.05, 4.69) is 38.3 Å². The highest BCUT2D eigenvalue weighted by molar-refractivity contribution is 7.99. The van der Waals surface area contributed by atoms with Crippen molar-refractivity contribution in [3.05, 3.63) is 59.9 Å². The van der Waals surface area contributed by atoms with Crippen molar-refractivity contribution in [3.63, 3.8) is 0 Å². The highest BCUT2D eigenvalue weighted by Crippen LogP contribution is 2.27. The smallest absolute Gasteiger partial charge is 0.225 e. The number of carbonyl (C=O) groups is 1. The van der Waals surface area contributed by atoms with Crippen molar-refractivity contribution in [2.45, 2.75) is 50.5 Å². The van der Waals surface area contributed by atoms with Crippen LogP contribution in [-0.2, 0) is 17.8 Å². The molecule has 6 heteroatoms. The second-order valence-electron chi connectivity index (χ2n) is 7.39. The van der Waals surface area contributed by atoms with Gasteiger partial charge in [0.2, 0.25) is 5.91 Å². The molecule has 1 amide bonds. The van der Waals surface area contributed by atoms with Crippen LogP contribution >= 0.6 is 11.8 Å². The van der Waals surface area contributed by atoms with Gasteiger partial charge >= 0.3 is 0 Å². The molecule has 0 bridgehead atoms. The van der Waals surface area contributed by atoms with Gasteiger partial charge in [0, 0.05) is 41.3 Å². The highest BCUT2D eigenvalue weighted by Gasteiger charge is 2.17. The van der Waals surface area contributed by atoms with Crippen molar-refractivity contribution in [2.24, 2.45) is 0 Å². The Labute approximate surface area is 175 Å². The van der Waals surface area contributed by atoms with E-state index in [4.69, 9.17) is 0 Å². The van der Waals surface area contributed by atoms with E-state index < -0.39 is 0 Å².